The Morgan fingerprint density at radius 2 is 1.66 bits per heavy atom. The van der Waals surface area contributed by atoms with Crippen LogP contribution in [0, 0.1) is 52.3 Å². The van der Waals surface area contributed by atoms with Gasteiger partial charge in [0.25, 0.3) is 0 Å². The van der Waals surface area contributed by atoms with Crippen molar-refractivity contribution in [2.24, 2.45) is 52.3 Å². The molecule has 5 heteroatoms. The molecule has 10 atom stereocenters. The molecule has 3 N–H and O–H groups in total. The number of amides is 1. The van der Waals surface area contributed by atoms with E-state index in [1.165, 1.54) is 44.9 Å². The van der Waals surface area contributed by atoms with Gasteiger partial charge in [0, 0.05) is 5.92 Å². The van der Waals surface area contributed by atoms with Gasteiger partial charge in [0.2, 0.25) is 5.91 Å². The Balaban J connectivity index is 1.42. The summed E-state index contributed by atoms with van der Waals surface area (Å²) < 4.78 is 0. The normalized spacial score (nSPS) is 45.2. The SMILES string of the molecule is C[C@H](C[C@@H](C)[C@H]1CCC2C3CCC4C[C@H](O)CC[C@]4(C)C3CC[C@@]21C)C(=O)NCC(=O)O. The second-order valence-corrected chi connectivity index (χ2v) is 12.5. The molecular formula is C27H45NO4. The second-order valence-electron chi connectivity index (χ2n) is 12.5. The van der Waals surface area contributed by atoms with Crippen LogP contribution in [0.3, 0.4) is 0 Å². The van der Waals surface area contributed by atoms with E-state index in [0.717, 1.165) is 37.0 Å². The van der Waals surface area contributed by atoms with E-state index in [4.69, 9.17) is 5.11 Å². The highest BCUT2D eigenvalue weighted by Crippen LogP contribution is 2.68. The van der Waals surface area contributed by atoms with Crippen molar-refractivity contribution >= 4 is 11.9 Å². The monoisotopic (exact) mass is 447 g/mol. The van der Waals surface area contributed by atoms with E-state index in [1.54, 1.807) is 0 Å². The number of aliphatic hydroxyl groups excluding tert-OH is 1. The van der Waals surface area contributed by atoms with Gasteiger partial charge in [0.05, 0.1) is 6.10 Å². The van der Waals surface area contributed by atoms with Gasteiger partial charge in [-0.05, 0) is 111 Å². The van der Waals surface area contributed by atoms with Gasteiger partial charge in [-0.2, -0.15) is 0 Å². The summed E-state index contributed by atoms with van der Waals surface area (Å²) in [5, 5.41) is 21.7. The summed E-state index contributed by atoms with van der Waals surface area (Å²) in [5.74, 6) is 3.02. The Kier molecular flexibility index (Phi) is 6.70. The predicted molar refractivity (Wildman–Crippen MR) is 125 cm³/mol. The van der Waals surface area contributed by atoms with Gasteiger partial charge in [0.1, 0.15) is 6.54 Å². The van der Waals surface area contributed by atoms with E-state index in [1.807, 2.05) is 6.92 Å². The molecule has 0 aromatic carbocycles. The molecule has 1 amide bonds. The summed E-state index contributed by atoms with van der Waals surface area (Å²) in [4.78, 5) is 23.1. The first kappa shape index (κ1) is 24.0. The van der Waals surface area contributed by atoms with E-state index in [-0.39, 0.29) is 24.5 Å². The van der Waals surface area contributed by atoms with Crippen LogP contribution in [0.2, 0.25) is 0 Å². The van der Waals surface area contributed by atoms with Crippen LogP contribution in [0.5, 0.6) is 0 Å². The zero-order chi connectivity index (χ0) is 23.3. The quantitative estimate of drug-likeness (QED) is 0.542. The maximum atomic E-state index is 12.3. The minimum absolute atomic E-state index is 0.0788. The molecule has 0 spiro atoms. The molecule has 4 aliphatic rings. The number of fused-ring (bicyclic) bond motifs is 5. The van der Waals surface area contributed by atoms with Crippen LogP contribution in [-0.4, -0.2) is 34.7 Å². The molecule has 4 unspecified atom stereocenters. The minimum Gasteiger partial charge on any atom is -0.480 e. The van der Waals surface area contributed by atoms with Crippen molar-refractivity contribution in [3.63, 3.8) is 0 Å². The third-order valence-corrected chi connectivity index (χ3v) is 11.0. The number of rotatable bonds is 6. The summed E-state index contributed by atoms with van der Waals surface area (Å²) in [5.41, 5.74) is 0.791. The molecule has 0 aromatic rings. The van der Waals surface area contributed by atoms with Crippen LogP contribution in [0.15, 0.2) is 0 Å². The molecule has 5 nitrogen and oxygen atoms in total. The summed E-state index contributed by atoms with van der Waals surface area (Å²) in [6, 6.07) is 0. The van der Waals surface area contributed by atoms with Crippen LogP contribution >= 0.6 is 0 Å². The number of carboxylic acid groups (broad SMARTS) is 1. The number of carbonyl (C=O) groups is 2. The Labute approximate surface area is 194 Å². The number of aliphatic carboxylic acids is 1. The van der Waals surface area contributed by atoms with Crippen LogP contribution in [0.25, 0.3) is 0 Å². The Bertz CT molecular complexity index is 724. The average molecular weight is 448 g/mol. The van der Waals surface area contributed by atoms with E-state index >= 15 is 0 Å². The first-order valence-corrected chi connectivity index (χ1v) is 13.2. The Morgan fingerprint density at radius 3 is 2.38 bits per heavy atom. The highest BCUT2D eigenvalue weighted by molar-refractivity contribution is 5.82. The van der Waals surface area contributed by atoms with Crippen LogP contribution in [0.1, 0.15) is 91.9 Å². The molecule has 0 heterocycles. The fourth-order valence-electron chi connectivity index (χ4n) is 9.38. The molecule has 4 saturated carbocycles. The van der Waals surface area contributed by atoms with Crippen molar-refractivity contribution in [1.29, 1.82) is 0 Å². The largest absolute Gasteiger partial charge is 0.480 e. The smallest absolute Gasteiger partial charge is 0.322 e. The van der Waals surface area contributed by atoms with Gasteiger partial charge in [-0.15, -0.1) is 0 Å². The number of hydrogen-bond donors (Lipinski definition) is 3. The van der Waals surface area contributed by atoms with Crippen LogP contribution < -0.4 is 5.32 Å². The third-order valence-electron chi connectivity index (χ3n) is 11.0. The summed E-state index contributed by atoms with van der Waals surface area (Å²) >= 11 is 0. The molecule has 4 aliphatic carbocycles. The lowest BCUT2D eigenvalue weighted by Gasteiger charge is -2.61. The van der Waals surface area contributed by atoms with Gasteiger partial charge in [-0.1, -0.05) is 27.7 Å². The predicted octanol–water partition coefficient (Wildman–Crippen LogP) is 4.87. The Morgan fingerprint density at radius 1 is 0.969 bits per heavy atom. The maximum Gasteiger partial charge on any atom is 0.322 e. The molecule has 0 radical (unpaired) electrons. The van der Waals surface area contributed by atoms with Gasteiger partial charge in [-0.3, -0.25) is 9.59 Å². The number of carboxylic acids is 1. The van der Waals surface area contributed by atoms with Crippen molar-refractivity contribution in [1.82, 2.24) is 5.32 Å². The first-order valence-electron chi connectivity index (χ1n) is 13.2. The number of aliphatic hydroxyl groups is 1. The van der Waals surface area contributed by atoms with Crippen molar-refractivity contribution in [2.75, 3.05) is 6.54 Å². The van der Waals surface area contributed by atoms with Gasteiger partial charge in [-0.25, -0.2) is 0 Å². The van der Waals surface area contributed by atoms with Crippen molar-refractivity contribution < 1.29 is 19.8 Å². The molecule has 4 fully saturated rings. The van der Waals surface area contributed by atoms with E-state index in [9.17, 15) is 14.7 Å². The highest BCUT2D eigenvalue weighted by atomic mass is 16.4. The average Bonchev–Trinajstić information content (AvgIpc) is 3.09. The molecule has 0 aliphatic heterocycles. The lowest BCUT2D eigenvalue weighted by molar-refractivity contribution is -0.138. The van der Waals surface area contributed by atoms with Crippen LogP contribution in [-0.2, 0) is 9.59 Å². The minimum atomic E-state index is -0.989. The van der Waals surface area contributed by atoms with E-state index in [2.05, 4.69) is 26.1 Å². The van der Waals surface area contributed by atoms with Gasteiger partial charge < -0.3 is 15.5 Å². The number of hydrogen-bond acceptors (Lipinski definition) is 3. The molecule has 0 bridgehead atoms. The lowest BCUT2D eigenvalue weighted by Crippen LogP contribution is -2.54. The summed E-state index contributed by atoms with van der Waals surface area (Å²) in [6.07, 6.45) is 11.8. The number of nitrogens with one attached hydrogen (secondary N) is 1. The third kappa shape index (κ3) is 4.12. The van der Waals surface area contributed by atoms with Crippen molar-refractivity contribution in [2.45, 2.75) is 98.0 Å². The van der Waals surface area contributed by atoms with Gasteiger partial charge >= 0.3 is 5.97 Å². The molecular weight excluding hydrogens is 402 g/mol. The molecule has 32 heavy (non-hydrogen) atoms. The Hall–Kier alpha value is -1.10. The topological polar surface area (TPSA) is 86.6 Å². The van der Waals surface area contributed by atoms with E-state index in [0.29, 0.717) is 28.6 Å². The number of carbonyl (C=O) groups excluding carboxylic acids is 1. The second kappa shape index (κ2) is 8.92. The molecule has 182 valence electrons. The zero-order valence-corrected chi connectivity index (χ0v) is 20.6. The van der Waals surface area contributed by atoms with Crippen molar-refractivity contribution in [3.05, 3.63) is 0 Å². The highest BCUT2D eigenvalue weighted by Gasteiger charge is 2.60. The van der Waals surface area contributed by atoms with E-state index < -0.39 is 5.97 Å². The summed E-state index contributed by atoms with van der Waals surface area (Å²) in [6.45, 7) is 9.08. The fraction of sp³-hybridized carbons (Fsp3) is 0.926. The van der Waals surface area contributed by atoms with Crippen molar-refractivity contribution in [3.8, 4) is 0 Å². The zero-order valence-electron chi connectivity index (χ0n) is 20.6. The first-order chi connectivity index (χ1) is 15.1. The standard InChI is InChI=1S/C27H45NO4/c1-16(13-17(2)25(32)28-15-24(30)31)21-7-8-22-20-6-5-18-14-19(29)9-11-26(18,3)23(20)10-12-27(21,22)4/h16-23,29H,5-15H2,1-4H3,(H,28,32)(H,30,31)/t16-,17-,18?,19-,20?,21-,22?,23?,26+,27-/m1/s1. The van der Waals surface area contributed by atoms with Gasteiger partial charge in [0.15, 0.2) is 0 Å². The lowest BCUT2D eigenvalue weighted by atomic mass is 9.44. The summed E-state index contributed by atoms with van der Waals surface area (Å²) in [7, 11) is 0. The molecule has 0 aromatic heterocycles. The van der Waals surface area contributed by atoms with Crippen LogP contribution in [0.4, 0.5) is 0 Å². The fourth-order valence-corrected chi connectivity index (χ4v) is 9.38. The maximum absolute atomic E-state index is 12.3. The molecule has 4 rings (SSSR count). The molecule has 0 saturated heterocycles.